The van der Waals surface area contributed by atoms with Crippen LogP contribution in [0.3, 0.4) is 0 Å². The highest BCUT2D eigenvalue weighted by Gasteiger charge is 2.31. The quantitative estimate of drug-likeness (QED) is 0.837. The molecule has 2 aliphatic rings. The number of nitrogens with zero attached hydrogens (tertiary/aromatic N) is 1. The van der Waals surface area contributed by atoms with Gasteiger partial charge >= 0.3 is 0 Å². The molecule has 0 aromatic carbocycles. The predicted octanol–water partition coefficient (Wildman–Crippen LogP) is 0.803. The Morgan fingerprint density at radius 2 is 2.05 bits per heavy atom. The first kappa shape index (κ1) is 17.2. The second-order valence-corrected chi connectivity index (χ2v) is 7.19. The van der Waals surface area contributed by atoms with E-state index in [2.05, 4.69) is 5.32 Å². The van der Waals surface area contributed by atoms with Crippen molar-refractivity contribution >= 4 is 11.8 Å². The van der Waals surface area contributed by atoms with Crippen LogP contribution in [0.4, 0.5) is 0 Å². The van der Waals surface area contributed by atoms with E-state index in [1.165, 1.54) is 0 Å². The highest BCUT2D eigenvalue weighted by Crippen LogP contribution is 2.19. The van der Waals surface area contributed by atoms with Gasteiger partial charge in [0.2, 0.25) is 5.91 Å². The Morgan fingerprint density at radius 1 is 1.27 bits per heavy atom. The van der Waals surface area contributed by atoms with Crippen LogP contribution >= 0.6 is 0 Å². The van der Waals surface area contributed by atoms with Crippen LogP contribution < -0.4 is 5.32 Å². The van der Waals surface area contributed by atoms with Gasteiger partial charge in [0.1, 0.15) is 0 Å². The summed E-state index contributed by atoms with van der Waals surface area (Å²) in [5.41, 5.74) is -0.378. The van der Waals surface area contributed by atoms with E-state index >= 15 is 0 Å². The smallest absolute Gasteiger partial charge is 0.254 e. The number of amides is 2. The molecule has 6 nitrogen and oxygen atoms in total. The van der Waals surface area contributed by atoms with Crippen molar-refractivity contribution in [2.75, 3.05) is 39.5 Å². The van der Waals surface area contributed by atoms with E-state index in [-0.39, 0.29) is 17.2 Å². The van der Waals surface area contributed by atoms with Crippen LogP contribution in [-0.2, 0) is 19.1 Å². The zero-order valence-corrected chi connectivity index (χ0v) is 13.9. The average molecular weight is 312 g/mol. The van der Waals surface area contributed by atoms with Crippen LogP contribution in [0.2, 0.25) is 0 Å². The molecule has 2 heterocycles. The highest BCUT2D eigenvalue weighted by atomic mass is 16.6. The number of nitrogens with one attached hydrogen (secondary N) is 1. The maximum Gasteiger partial charge on any atom is 0.254 e. The van der Waals surface area contributed by atoms with E-state index in [4.69, 9.17) is 9.47 Å². The number of rotatable bonds is 3. The monoisotopic (exact) mass is 312 g/mol. The molecular formula is C16H28N2O4. The second-order valence-electron chi connectivity index (χ2n) is 7.19. The van der Waals surface area contributed by atoms with Gasteiger partial charge < -0.3 is 19.7 Å². The Kier molecular flexibility index (Phi) is 5.81. The molecule has 2 atom stereocenters. The number of hydrogen-bond donors (Lipinski definition) is 1. The van der Waals surface area contributed by atoms with Gasteiger partial charge in [0.25, 0.3) is 5.91 Å². The third-order valence-electron chi connectivity index (χ3n) is 4.15. The maximum atomic E-state index is 12.4. The molecule has 2 saturated heterocycles. The molecule has 0 aliphatic carbocycles. The van der Waals surface area contributed by atoms with E-state index in [9.17, 15) is 9.59 Å². The van der Waals surface area contributed by atoms with Crippen LogP contribution in [-0.4, -0.2) is 62.3 Å². The Labute approximate surface area is 132 Å². The SMILES string of the molecule is CC(C)(C)C(=O)NCC1CCCN(C(=O)C2COCCO2)C1. The third-order valence-corrected chi connectivity index (χ3v) is 4.15. The molecule has 0 spiro atoms. The minimum atomic E-state index is -0.461. The summed E-state index contributed by atoms with van der Waals surface area (Å²) in [5, 5.41) is 3.00. The lowest BCUT2D eigenvalue weighted by Crippen LogP contribution is -2.50. The first-order chi connectivity index (χ1) is 10.4. The molecule has 0 aromatic heterocycles. The minimum Gasteiger partial charge on any atom is -0.376 e. The van der Waals surface area contributed by atoms with Crippen LogP contribution in [0.15, 0.2) is 0 Å². The molecule has 2 rings (SSSR count). The van der Waals surface area contributed by atoms with Gasteiger partial charge in [-0.3, -0.25) is 9.59 Å². The van der Waals surface area contributed by atoms with E-state index in [0.717, 1.165) is 19.4 Å². The molecule has 6 heteroatoms. The minimum absolute atomic E-state index is 0.0200. The summed E-state index contributed by atoms with van der Waals surface area (Å²) in [4.78, 5) is 26.2. The molecule has 126 valence electrons. The predicted molar refractivity (Wildman–Crippen MR) is 82.3 cm³/mol. The van der Waals surface area contributed by atoms with E-state index in [0.29, 0.717) is 38.8 Å². The summed E-state index contributed by atoms with van der Waals surface area (Å²) in [6.45, 7) is 9.17. The lowest BCUT2D eigenvalue weighted by molar-refractivity contribution is -0.159. The molecule has 0 bridgehead atoms. The summed E-state index contributed by atoms with van der Waals surface area (Å²) >= 11 is 0. The molecule has 0 radical (unpaired) electrons. The third kappa shape index (κ3) is 4.68. The molecule has 2 aliphatic heterocycles. The zero-order valence-electron chi connectivity index (χ0n) is 13.9. The number of hydrogen-bond acceptors (Lipinski definition) is 4. The molecule has 22 heavy (non-hydrogen) atoms. The largest absolute Gasteiger partial charge is 0.376 e. The Morgan fingerprint density at radius 3 is 2.68 bits per heavy atom. The lowest BCUT2D eigenvalue weighted by atomic mass is 9.94. The van der Waals surface area contributed by atoms with Gasteiger partial charge in [0, 0.05) is 25.0 Å². The number of piperidine rings is 1. The zero-order chi connectivity index (χ0) is 16.2. The van der Waals surface area contributed by atoms with Gasteiger partial charge in [-0.05, 0) is 18.8 Å². The number of carbonyl (C=O) groups is 2. The van der Waals surface area contributed by atoms with E-state index in [1.54, 1.807) is 0 Å². The first-order valence-corrected chi connectivity index (χ1v) is 8.14. The lowest BCUT2D eigenvalue weighted by Gasteiger charge is -2.36. The van der Waals surface area contributed by atoms with Crippen molar-refractivity contribution in [3.63, 3.8) is 0 Å². The normalized spacial score (nSPS) is 26.6. The van der Waals surface area contributed by atoms with Crippen LogP contribution in [0.1, 0.15) is 33.6 Å². The standard InChI is InChI=1S/C16H28N2O4/c1-16(2,3)15(20)17-9-12-5-4-6-18(10-12)14(19)13-11-21-7-8-22-13/h12-13H,4-11H2,1-3H3,(H,17,20). The fourth-order valence-corrected chi connectivity index (χ4v) is 2.77. The number of ether oxygens (including phenoxy) is 2. The van der Waals surface area contributed by atoms with Crippen molar-refractivity contribution in [1.29, 1.82) is 0 Å². The van der Waals surface area contributed by atoms with Crippen molar-refractivity contribution in [3.05, 3.63) is 0 Å². The average Bonchev–Trinajstić information content (AvgIpc) is 2.52. The molecule has 0 saturated carbocycles. The summed E-state index contributed by atoms with van der Waals surface area (Å²) < 4.78 is 10.8. The van der Waals surface area contributed by atoms with Crippen LogP contribution in [0.25, 0.3) is 0 Å². The Bertz CT molecular complexity index is 399. The maximum absolute atomic E-state index is 12.4. The van der Waals surface area contributed by atoms with Crippen LogP contribution in [0.5, 0.6) is 0 Å². The molecule has 0 aromatic rings. The Balaban J connectivity index is 1.81. The summed E-state index contributed by atoms with van der Waals surface area (Å²) in [6.07, 6.45) is 1.54. The van der Waals surface area contributed by atoms with Gasteiger partial charge in [-0.15, -0.1) is 0 Å². The number of likely N-dealkylation sites (tertiary alicyclic amines) is 1. The molecule has 2 fully saturated rings. The van der Waals surface area contributed by atoms with Crippen molar-refractivity contribution in [3.8, 4) is 0 Å². The van der Waals surface area contributed by atoms with E-state index < -0.39 is 6.10 Å². The van der Waals surface area contributed by atoms with Gasteiger partial charge in [-0.2, -0.15) is 0 Å². The molecule has 2 unspecified atom stereocenters. The Hall–Kier alpha value is -1.14. The first-order valence-electron chi connectivity index (χ1n) is 8.14. The second kappa shape index (κ2) is 7.42. The van der Waals surface area contributed by atoms with Gasteiger partial charge in [0.15, 0.2) is 6.10 Å². The van der Waals surface area contributed by atoms with Gasteiger partial charge in [0.05, 0.1) is 19.8 Å². The highest BCUT2D eigenvalue weighted by molar-refractivity contribution is 5.82. The fraction of sp³-hybridized carbons (Fsp3) is 0.875. The summed E-state index contributed by atoms with van der Waals surface area (Å²) in [6, 6.07) is 0. The molecular weight excluding hydrogens is 284 g/mol. The molecule has 2 amide bonds. The van der Waals surface area contributed by atoms with Crippen molar-refractivity contribution < 1.29 is 19.1 Å². The summed E-state index contributed by atoms with van der Waals surface area (Å²) in [7, 11) is 0. The topological polar surface area (TPSA) is 67.9 Å². The molecule has 1 N–H and O–H groups in total. The van der Waals surface area contributed by atoms with Gasteiger partial charge in [-0.1, -0.05) is 20.8 Å². The number of carbonyl (C=O) groups excluding carboxylic acids is 2. The van der Waals surface area contributed by atoms with Crippen LogP contribution in [0, 0.1) is 11.3 Å². The van der Waals surface area contributed by atoms with Crippen molar-refractivity contribution in [1.82, 2.24) is 10.2 Å². The van der Waals surface area contributed by atoms with E-state index in [1.807, 2.05) is 25.7 Å². The van der Waals surface area contributed by atoms with Crippen molar-refractivity contribution in [2.45, 2.75) is 39.7 Å². The summed E-state index contributed by atoms with van der Waals surface area (Å²) in [5.74, 6) is 0.389. The van der Waals surface area contributed by atoms with Gasteiger partial charge in [-0.25, -0.2) is 0 Å². The fourth-order valence-electron chi connectivity index (χ4n) is 2.77. The van der Waals surface area contributed by atoms with Crippen molar-refractivity contribution in [2.24, 2.45) is 11.3 Å².